The monoisotopic (exact) mass is 242 g/mol. The zero-order valence-electron chi connectivity index (χ0n) is 12.3. The second kappa shape index (κ2) is 6.72. The van der Waals surface area contributed by atoms with Crippen molar-refractivity contribution in [2.75, 3.05) is 33.4 Å². The molecule has 17 heavy (non-hydrogen) atoms. The van der Waals surface area contributed by atoms with Crippen molar-refractivity contribution in [1.82, 2.24) is 10.2 Å². The summed E-state index contributed by atoms with van der Waals surface area (Å²) in [6.07, 6.45) is 2.71. The molecule has 3 heteroatoms. The first kappa shape index (κ1) is 14.9. The SMILES string of the molecule is CCOCCN(C)C1CCC1CNC(C)(C)C. The van der Waals surface area contributed by atoms with E-state index in [9.17, 15) is 0 Å². The number of hydrogen-bond acceptors (Lipinski definition) is 3. The van der Waals surface area contributed by atoms with E-state index in [1.54, 1.807) is 0 Å². The van der Waals surface area contributed by atoms with Crippen LogP contribution in [0.3, 0.4) is 0 Å². The molecule has 0 aliphatic heterocycles. The molecule has 3 nitrogen and oxygen atoms in total. The van der Waals surface area contributed by atoms with Gasteiger partial charge in [0.25, 0.3) is 0 Å². The molecule has 2 unspecified atom stereocenters. The van der Waals surface area contributed by atoms with Gasteiger partial charge in [0.15, 0.2) is 0 Å². The summed E-state index contributed by atoms with van der Waals surface area (Å²) in [5, 5.41) is 3.62. The van der Waals surface area contributed by atoms with Crippen molar-refractivity contribution in [3.8, 4) is 0 Å². The Balaban J connectivity index is 2.20. The second-order valence-corrected chi connectivity index (χ2v) is 6.21. The van der Waals surface area contributed by atoms with E-state index in [1.165, 1.54) is 12.8 Å². The first-order chi connectivity index (χ1) is 7.94. The quantitative estimate of drug-likeness (QED) is 0.692. The summed E-state index contributed by atoms with van der Waals surface area (Å²) in [4.78, 5) is 2.47. The fourth-order valence-electron chi connectivity index (χ4n) is 2.33. The van der Waals surface area contributed by atoms with Gasteiger partial charge in [0, 0.05) is 24.7 Å². The highest BCUT2D eigenvalue weighted by molar-refractivity contribution is 4.90. The minimum Gasteiger partial charge on any atom is -0.380 e. The van der Waals surface area contributed by atoms with Crippen molar-refractivity contribution in [2.24, 2.45) is 5.92 Å². The summed E-state index contributed by atoms with van der Waals surface area (Å²) in [6, 6.07) is 0.755. The van der Waals surface area contributed by atoms with E-state index < -0.39 is 0 Å². The molecule has 102 valence electrons. The van der Waals surface area contributed by atoms with Gasteiger partial charge in [0.1, 0.15) is 0 Å². The summed E-state index contributed by atoms with van der Waals surface area (Å²) >= 11 is 0. The van der Waals surface area contributed by atoms with Crippen molar-refractivity contribution in [1.29, 1.82) is 0 Å². The predicted molar refractivity (Wildman–Crippen MR) is 73.4 cm³/mol. The van der Waals surface area contributed by atoms with Crippen LogP contribution in [0.5, 0.6) is 0 Å². The lowest BCUT2D eigenvalue weighted by molar-refractivity contribution is 0.0476. The molecule has 0 spiro atoms. The molecule has 0 saturated heterocycles. The van der Waals surface area contributed by atoms with Gasteiger partial charge < -0.3 is 15.0 Å². The average Bonchev–Trinajstić information content (AvgIpc) is 2.14. The number of rotatable bonds is 7. The van der Waals surface area contributed by atoms with Gasteiger partial charge in [0.05, 0.1) is 6.61 Å². The molecule has 0 amide bonds. The third-order valence-electron chi connectivity index (χ3n) is 3.63. The molecule has 0 radical (unpaired) electrons. The van der Waals surface area contributed by atoms with Crippen LogP contribution in [-0.4, -0.2) is 49.8 Å². The van der Waals surface area contributed by atoms with E-state index >= 15 is 0 Å². The number of nitrogens with one attached hydrogen (secondary N) is 1. The van der Waals surface area contributed by atoms with Crippen molar-refractivity contribution in [3.05, 3.63) is 0 Å². The summed E-state index contributed by atoms with van der Waals surface area (Å²) < 4.78 is 5.42. The molecular formula is C14H30N2O. The normalized spacial score (nSPS) is 25.1. The van der Waals surface area contributed by atoms with Gasteiger partial charge in [-0.05, 0) is 60.0 Å². The smallest absolute Gasteiger partial charge is 0.0593 e. The fourth-order valence-corrected chi connectivity index (χ4v) is 2.33. The lowest BCUT2D eigenvalue weighted by Gasteiger charge is -2.44. The van der Waals surface area contributed by atoms with E-state index in [1.807, 2.05) is 0 Å². The Morgan fingerprint density at radius 2 is 2.00 bits per heavy atom. The Kier molecular flexibility index (Phi) is 5.90. The predicted octanol–water partition coefficient (Wildman–Crippen LogP) is 2.12. The lowest BCUT2D eigenvalue weighted by atomic mass is 9.78. The van der Waals surface area contributed by atoms with E-state index in [2.05, 4.69) is 45.0 Å². The Hall–Kier alpha value is -0.120. The highest BCUT2D eigenvalue weighted by atomic mass is 16.5. The second-order valence-electron chi connectivity index (χ2n) is 6.21. The van der Waals surface area contributed by atoms with Gasteiger partial charge >= 0.3 is 0 Å². The third-order valence-corrected chi connectivity index (χ3v) is 3.63. The van der Waals surface area contributed by atoms with Crippen LogP contribution >= 0.6 is 0 Å². The minimum atomic E-state index is 0.240. The molecule has 1 aliphatic carbocycles. The van der Waals surface area contributed by atoms with Crippen molar-refractivity contribution < 1.29 is 4.74 Å². The number of ether oxygens (including phenoxy) is 1. The van der Waals surface area contributed by atoms with Gasteiger partial charge in [-0.3, -0.25) is 0 Å². The Labute approximate surface area is 107 Å². The molecule has 0 aromatic rings. The van der Waals surface area contributed by atoms with Crippen LogP contribution < -0.4 is 5.32 Å². The summed E-state index contributed by atoms with van der Waals surface area (Å²) in [5.74, 6) is 0.820. The van der Waals surface area contributed by atoms with Crippen LogP contribution in [0.4, 0.5) is 0 Å². The largest absolute Gasteiger partial charge is 0.380 e. The molecule has 0 aromatic carbocycles. The first-order valence-electron chi connectivity index (χ1n) is 6.97. The Bertz CT molecular complexity index is 213. The number of nitrogens with zero attached hydrogens (tertiary/aromatic N) is 1. The molecule has 1 rings (SSSR count). The molecular weight excluding hydrogens is 212 g/mol. The minimum absolute atomic E-state index is 0.240. The maximum atomic E-state index is 5.42. The van der Waals surface area contributed by atoms with Gasteiger partial charge in [-0.1, -0.05) is 0 Å². The summed E-state index contributed by atoms with van der Waals surface area (Å²) in [6.45, 7) is 12.7. The summed E-state index contributed by atoms with van der Waals surface area (Å²) in [7, 11) is 2.23. The standard InChI is InChI=1S/C14H30N2O/c1-6-17-10-9-16(5)13-8-7-12(13)11-15-14(2,3)4/h12-13,15H,6-11H2,1-5H3. The topological polar surface area (TPSA) is 24.5 Å². The molecule has 0 heterocycles. The van der Waals surface area contributed by atoms with Crippen LogP contribution in [0.15, 0.2) is 0 Å². The van der Waals surface area contributed by atoms with E-state index in [-0.39, 0.29) is 5.54 Å². The first-order valence-corrected chi connectivity index (χ1v) is 6.97. The van der Waals surface area contributed by atoms with Crippen LogP contribution in [0, 0.1) is 5.92 Å². The lowest BCUT2D eigenvalue weighted by Crippen LogP contribution is -2.52. The van der Waals surface area contributed by atoms with Crippen molar-refractivity contribution >= 4 is 0 Å². The van der Waals surface area contributed by atoms with Crippen LogP contribution in [0.25, 0.3) is 0 Å². The van der Waals surface area contributed by atoms with Gasteiger partial charge in [-0.25, -0.2) is 0 Å². The van der Waals surface area contributed by atoms with Crippen molar-refractivity contribution in [3.63, 3.8) is 0 Å². The molecule has 1 N–H and O–H groups in total. The maximum Gasteiger partial charge on any atom is 0.0593 e. The molecule has 1 fully saturated rings. The number of hydrogen-bond donors (Lipinski definition) is 1. The maximum absolute atomic E-state index is 5.42. The zero-order valence-corrected chi connectivity index (χ0v) is 12.3. The summed E-state index contributed by atoms with van der Waals surface area (Å²) in [5.41, 5.74) is 0.240. The zero-order chi connectivity index (χ0) is 12.9. The Morgan fingerprint density at radius 3 is 2.47 bits per heavy atom. The van der Waals surface area contributed by atoms with Crippen LogP contribution in [0.1, 0.15) is 40.5 Å². The average molecular weight is 242 g/mol. The highest BCUT2D eigenvalue weighted by Crippen LogP contribution is 2.31. The van der Waals surface area contributed by atoms with Crippen molar-refractivity contribution in [2.45, 2.75) is 52.1 Å². The highest BCUT2D eigenvalue weighted by Gasteiger charge is 2.33. The van der Waals surface area contributed by atoms with E-state index in [0.29, 0.717) is 0 Å². The molecule has 1 aliphatic rings. The number of likely N-dealkylation sites (N-methyl/N-ethyl adjacent to an activating group) is 1. The molecule has 0 aromatic heterocycles. The Morgan fingerprint density at radius 1 is 1.29 bits per heavy atom. The molecule has 0 bridgehead atoms. The van der Waals surface area contributed by atoms with Gasteiger partial charge in [-0.15, -0.1) is 0 Å². The molecule has 2 atom stereocenters. The van der Waals surface area contributed by atoms with Gasteiger partial charge in [0.2, 0.25) is 0 Å². The van der Waals surface area contributed by atoms with Crippen LogP contribution in [-0.2, 0) is 4.74 Å². The third kappa shape index (κ3) is 5.36. The molecule has 1 saturated carbocycles. The fraction of sp³-hybridized carbons (Fsp3) is 1.00. The van der Waals surface area contributed by atoms with Gasteiger partial charge in [-0.2, -0.15) is 0 Å². The van der Waals surface area contributed by atoms with Crippen LogP contribution in [0.2, 0.25) is 0 Å². The van der Waals surface area contributed by atoms with E-state index in [0.717, 1.165) is 38.3 Å². The van der Waals surface area contributed by atoms with E-state index in [4.69, 9.17) is 4.74 Å².